The standard InChI is InChI=1S/C21H21ClN2O2/c1-13-9-14(2)12-23(11-13)19-8-7-15(10-18(19)22)24-20(25)16-5-3-4-6-17(16)21(24)26/h3-8,10,13-14H,9,11-12H2,1-2H3. The molecule has 2 aliphatic rings. The molecule has 2 heterocycles. The molecule has 0 N–H and O–H groups in total. The number of rotatable bonds is 2. The Morgan fingerprint density at radius 3 is 2.04 bits per heavy atom. The zero-order valence-electron chi connectivity index (χ0n) is 14.9. The van der Waals surface area contributed by atoms with Crippen molar-refractivity contribution in [1.29, 1.82) is 0 Å². The molecule has 0 bridgehead atoms. The van der Waals surface area contributed by atoms with E-state index in [1.54, 1.807) is 30.3 Å². The lowest BCUT2D eigenvalue weighted by Gasteiger charge is -2.37. The lowest BCUT2D eigenvalue weighted by molar-refractivity contribution is 0.0926. The van der Waals surface area contributed by atoms with Crippen LogP contribution < -0.4 is 9.80 Å². The highest BCUT2D eigenvalue weighted by Gasteiger charge is 2.36. The fourth-order valence-electron chi connectivity index (χ4n) is 4.17. The number of benzene rings is 2. The molecule has 0 aliphatic carbocycles. The molecule has 1 fully saturated rings. The van der Waals surface area contributed by atoms with Crippen LogP contribution in [0, 0.1) is 11.8 Å². The van der Waals surface area contributed by atoms with E-state index in [4.69, 9.17) is 11.6 Å². The van der Waals surface area contributed by atoms with Gasteiger partial charge in [-0.05, 0) is 48.6 Å². The maximum Gasteiger partial charge on any atom is 0.266 e. The van der Waals surface area contributed by atoms with Gasteiger partial charge >= 0.3 is 0 Å². The number of carbonyl (C=O) groups excluding carboxylic acids is 2. The SMILES string of the molecule is CC1CC(C)CN(c2ccc(N3C(=O)c4ccccc4C3=O)cc2Cl)C1. The number of amides is 2. The Bertz CT molecular complexity index is 850. The number of halogens is 1. The van der Waals surface area contributed by atoms with Gasteiger partial charge in [0.25, 0.3) is 11.8 Å². The Balaban J connectivity index is 1.65. The van der Waals surface area contributed by atoms with Gasteiger partial charge in [-0.1, -0.05) is 37.6 Å². The van der Waals surface area contributed by atoms with Gasteiger partial charge < -0.3 is 4.90 Å². The van der Waals surface area contributed by atoms with Crippen LogP contribution in [0.1, 0.15) is 41.0 Å². The molecule has 4 nitrogen and oxygen atoms in total. The molecule has 5 heteroatoms. The summed E-state index contributed by atoms with van der Waals surface area (Å²) in [6.07, 6.45) is 1.22. The van der Waals surface area contributed by atoms with Crippen LogP contribution in [0.4, 0.5) is 11.4 Å². The van der Waals surface area contributed by atoms with E-state index in [0.717, 1.165) is 18.8 Å². The van der Waals surface area contributed by atoms with Crippen LogP contribution in [0.5, 0.6) is 0 Å². The smallest absolute Gasteiger partial charge is 0.266 e. The molecule has 0 saturated carbocycles. The van der Waals surface area contributed by atoms with Crippen LogP contribution >= 0.6 is 11.6 Å². The monoisotopic (exact) mass is 368 g/mol. The quantitative estimate of drug-likeness (QED) is 0.726. The predicted molar refractivity (Wildman–Crippen MR) is 104 cm³/mol. The fourth-order valence-corrected chi connectivity index (χ4v) is 4.47. The molecule has 0 aromatic heterocycles. The van der Waals surface area contributed by atoms with Crippen molar-refractivity contribution in [3.8, 4) is 0 Å². The van der Waals surface area contributed by atoms with Crippen molar-refractivity contribution >= 4 is 34.8 Å². The van der Waals surface area contributed by atoms with E-state index in [9.17, 15) is 9.59 Å². The lowest BCUT2D eigenvalue weighted by atomic mass is 9.91. The Labute approximate surface area is 158 Å². The maximum absolute atomic E-state index is 12.6. The van der Waals surface area contributed by atoms with E-state index in [0.29, 0.717) is 33.7 Å². The van der Waals surface area contributed by atoms with Crippen LogP contribution in [0.25, 0.3) is 0 Å². The zero-order chi connectivity index (χ0) is 18.4. The third-order valence-electron chi connectivity index (χ3n) is 5.19. The number of nitrogens with zero attached hydrogens (tertiary/aromatic N) is 2. The average Bonchev–Trinajstić information content (AvgIpc) is 2.85. The molecule has 4 rings (SSSR count). The summed E-state index contributed by atoms with van der Waals surface area (Å²) in [4.78, 5) is 28.8. The minimum absolute atomic E-state index is 0.297. The minimum atomic E-state index is -0.297. The summed E-state index contributed by atoms with van der Waals surface area (Å²) in [6.45, 7) is 6.44. The summed E-state index contributed by atoms with van der Waals surface area (Å²) in [5, 5.41) is 0.570. The van der Waals surface area contributed by atoms with Crippen molar-refractivity contribution in [3.05, 3.63) is 58.6 Å². The van der Waals surface area contributed by atoms with Crippen LogP contribution in [-0.4, -0.2) is 24.9 Å². The van der Waals surface area contributed by atoms with E-state index in [-0.39, 0.29) is 11.8 Å². The summed E-state index contributed by atoms with van der Waals surface area (Å²) in [7, 11) is 0. The highest BCUT2D eigenvalue weighted by molar-refractivity contribution is 6.36. The van der Waals surface area contributed by atoms with Gasteiger partial charge in [-0.3, -0.25) is 9.59 Å². The third-order valence-corrected chi connectivity index (χ3v) is 5.50. The second kappa shape index (κ2) is 6.44. The van der Waals surface area contributed by atoms with E-state index >= 15 is 0 Å². The van der Waals surface area contributed by atoms with E-state index < -0.39 is 0 Å². The van der Waals surface area contributed by atoms with Crippen molar-refractivity contribution in [2.75, 3.05) is 22.9 Å². The lowest BCUT2D eigenvalue weighted by Crippen LogP contribution is -2.38. The molecular formula is C21H21ClN2O2. The molecule has 2 aromatic rings. The Morgan fingerprint density at radius 1 is 0.923 bits per heavy atom. The number of anilines is 2. The molecule has 2 amide bonds. The van der Waals surface area contributed by atoms with E-state index in [1.807, 2.05) is 12.1 Å². The summed E-state index contributed by atoms with van der Waals surface area (Å²) >= 11 is 6.55. The first kappa shape index (κ1) is 17.1. The fraction of sp³-hybridized carbons (Fsp3) is 0.333. The van der Waals surface area contributed by atoms with Gasteiger partial charge in [0.1, 0.15) is 0 Å². The summed E-state index contributed by atoms with van der Waals surface area (Å²) in [5.41, 5.74) is 2.36. The molecule has 134 valence electrons. The Morgan fingerprint density at radius 2 is 1.50 bits per heavy atom. The van der Waals surface area contributed by atoms with Crippen LogP contribution in [0.3, 0.4) is 0 Å². The van der Waals surface area contributed by atoms with Gasteiger partial charge in [-0.25, -0.2) is 4.90 Å². The van der Waals surface area contributed by atoms with Crippen LogP contribution in [0.15, 0.2) is 42.5 Å². The van der Waals surface area contributed by atoms with Crippen molar-refractivity contribution in [1.82, 2.24) is 0 Å². The average molecular weight is 369 g/mol. The Hall–Kier alpha value is -2.33. The van der Waals surface area contributed by atoms with Crippen molar-refractivity contribution < 1.29 is 9.59 Å². The second-order valence-corrected chi connectivity index (χ2v) is 7.89. The van der Waals surface area contributed by atoms with Gasteiger partial charge in [0.15, 0.2) is 0 Å². The maximum atomic E-state index is 12.6. The number of carbonyl (C=O) groups is 2. The normalized spacial score (nSPS) is 22.7. The molecule has 2 aliphatic heterocycles. The topological polar surface area (TPSA) is 40.6 Å². The van der Waals surface area contributed by atoms with Crippen molar-refractivity contribution in [2.24, 2.45) is 11.8 Å². The summed E-state index contributed by atoms with van der Waals surface area (Å²) < 4.78 is 0. The molecule has 0 radical (unpaired) electrons. The molecule has 1 saturated heterocycles. The zero-order valence-corrected chi connectivity index (χ0v) is 15.7. The second-order valence-electron chi connectivity index (χ2n) is 7.48. The number of piperidine rings is 1. The minimum Gasteiger partial charge on any atom is -0.370 e. The van der Waals surface area contributed by atoms with Crippen LogP contribution in [-0.2, 0) is 0 Å². The predicted octanol–water partition coefficient (Wildman–Crippen LogP) is 4.62. The number of hydrogen-bond acceptors (Lipinski definition) is 3. The molecule has 2 aromatic carbocycles. The summed E-state index contributed by atoms with van der Waals surface area (Å²) in [5.74, 6) is 0.640. The molecule has 26 heavy (non-hydrogen) atoms. The first-order valence-corrected chi connectivity index (χ1v) is 9.36. The number of hydrogen-bond donors (Lipinski definition) is 0. The summed E-state index contributed by atoms with van der Waals surface area (Å²) in [6, 6.07) is 12.4. The van der Waals surface area contributed by atoms with Gasteiger partial charge in [-0.2, -0.15) is 0 Å². The molecule has 2 unspecified atom stereocenters. The largest absolute Gasteiger partial charge is 0.370 e. The first-order chi connectivity index (χ1) is 12.5. The van der Waals surface area contributed by atoms with Crippen LogP contribution in [0.2, 0.25) is 5.02 Å². The van der Waals surface area contributed by atoms with Crippen molar-refractivity contribution in [2.45, 2.75) is 20.3 Å². The van der Waals surface area contributed by atoms with Crippen molar-refractivity contribution in [3.63, 3.8) is 0 Å². The first-order valence-electron chi connectivity index (χ1n) is 8.98. The molecule has 2 atom stereocenters. The van der Waals surface area contributed by atoms with E-state index in [1.165, 1.54) is 11.3 Å². The van der Waals surface area contributed by atoms with Gasteiger partial charge in [0.2, 0.25) is 0 Å². The van der Waals surface area contributed by atoms with Gasteiger partial charge in [0.05, 0.1) is 27.5 Å². The van der Waals surface area contributed by atoms with Gasteiger partial charge in [0, 0.05) is 13.1 Å². The van der Waals surface area contributed by atoms with Gasteiger partial charge in [-0.15, -0.1) is 0 Å². The third kappa shape index (κ3) is 2.78. The number of fused-ring (bicyclic) bond motifs is 1. The van der Waals surface area contributed by atoms with E-state index in [2.05, 4.69) is 18.7 Å². The highest BCUT2D eigenvalue weighted by Crippen LogP contribution is 2.36. The Kier molecular flexibility index (Phi) is 4.23. The highest BCUT2D eigenvalue weighted by atomic mass is 35.5. The number of imide groups is 1. The molecule has 0 spiro atoms. The molecular weight excluding hydrogens is 348 g/mol.